The first kappa shape index (κ1) is 27.2. The predicted molar refractivity (Wildman–Crippen MR) is 139 cm³/mol. The molecule has 0 atom stereocenters. The Morgan fingerprint density at radius 2 is 1.72 bits per heavy atom. The highest BCUT2D eigenvalue weighted by Gasteiger charge is 2.34. The summed E-state index contributed by atoms with van der Waals surface area (Å²) in [5.74, 6) is -0.443. The van der Waals surface area contributed by atoms with Crippen LogP contribution >= 0.6 is 0 Å². The van der Waals surface area contributed by atoms with Gasteiger partial charge in [0.05, 0.1) is 18.4 Å². The lowest BCUT2D eigenvalue weighted by atomic mass is 10.0. The third-order valence-corrected chi connectivity index (χ3v) is 6.06. The molecule has 1 fully saturated rings. The fourth-order valence-corrected chi connectivity index (χ4v) is 4.04. The largest absolute Gasteiger partial charge is 0.416 e. The number of anilines is 3. The molecule has 1 aliphatic heterocycles. The van der Waals surface area contributed by atoms with E-state index in [0.29, 0.717) is 5.69 Å². The van der Waals surface area contributed by atoms with Crippen LogP contribution in [0.5, 0.6) is 0 Å². The SMILES string of the molecule is C=CN(C=NC)c1ccc(NCC(=O)Nc2ccc(CN3CCN(CC)CC3)c(C(F)(F)F)c2)cc1. The number of piperazine rings is 1. The molecule has 1 heterocycles. The first-order valence-electron chi connectivity index (χ1n) is 11.8. The minimum Gasteiger partial charge on any atom is -0.376 e. The van der Waals surface area contributed by atoms with Crippen LogP contribution in [-0.4, -0.2) is 68.4 Å². The Hall–Kier alpha value is -3.37. The van der Waals surface area contributed by atoms with E-state index in [9.17, 15) is 18.0 Å². The standard InChI is InChI=1S/C26H33F3N6O/c1-4-33-12-14-34(15-13-33)18-20-6-7-22(16-24(20)26(27,28)29)32-25(36)17-31-21-8-10-23(11-9-21)35(5-2)19-30-3/h5-11,16,19,31H,2,4,12-15,17-18H2,1,3H3,(H,32,36). The van der Waals surface area contributed by atoms with E-state index in [1.54, 1.807) is 36.6 Å². The maximum absolute atomic E-state index is 13.8. The van der Waals surface area contributed by atoms with E-state index >= 15 is 0 Å². The Morgan fingerprint density at radius 3 is 2.31 bits per heavy atom. The molecule has 1 amide bonds. The van der Waals surface area contributed by atoms with Gasteiger partial charge in [-0.3, -0.25) is 14.7 Å². The summed E-state index contributed by atoms with van der Waals surface area (Å²) in [5.41, 5.74) is 1.15. The molecule has 0 spiro atoms. The Morgan fingerprint density at radius 1 is 1.08 bits per heavy atom. The van der Waals surface area contributed by atoms with Gasteiger partial charge in [-0.1, -0.05) is 19.6 Å². The summed E-state index contributed by atoms with van der Waals surface area (Å²) < 4.78 is 41.4. The van der Waals surface area contributed by atoms with E-state index in [4.69, 9.17) is 0 Å². The summed E-state index contributed by atoms with van der Waals surface area (Å²) in [7, 11) is 1.66. The van der Waals surface area contributed by atoms with Gasteiger partial charge in [-0.05, 0) is 48.5 Å². The van der Waals surface area contributed by atoms with Crippen molar-refractivity contribution in [2.75, 3.05) is 61.8 Å². The van der Waals surface area contributed by atoms with Gasteiger partial charge in [-0.2, -0.15) is 13.2 Å². The Bertz CT molecular complexity index is 1050. The van der Waals surface area contributed by atoms with Gasteiger partial charge in [0.2, 0.25) is 5.91 Å². The van der Waals surface area contributed by atoms with Crippen LogP contribution in [0.4, 0.5) is 30.2 Å². The number of halogens is 3. The summed E-state index contributed by atoms with van der Waals surface area (Å²) in [6.07, 6.45) is -1.27. The molecular formula is C26H33F3N6O. The molecular weight excluding hydrogens is 469 g/mol. The van der Waals surface area contributed by atoms with Crippen LogP contribution < -0.4 is 15.5 Å². The number of carbonyl (C=O) groups excluding carboxylic acids is 1. The molecule has 0 unspecified atom stereocenters. The predicted octanol–water partition coefficient (Wildman–Crippen LogP) is 4.50. The third-order valence-electron chi connectivity index (χ3n) is 6.06. The second kappa shape index (κ2) is 12.5. The van der Waals surface area contributed by atoms with Crippen molar-refractivity contribution in [1.29, 1.82) is 0 Å². The van der Waals surface area contributed by atoms with Crippen LogP contribution in [0.1, 0.15) is 18.1 Å². The molecule has 2 aromatic rings. The van der Waals surface area contributed by atoms with Gasteiger partial charge in [0.25, 0.3) is 0 Å². The zero-order valence-corrected chi connectivity index (χ0v) is 20.7. The van der Waals surface area contributed by atoms with Crippen molar-refractivity contribution in [2.24, 2.45) is 4.99 Å². The van der Waals surface area contributed by atoms with E-state index in [1.807, 2.05) is 17.0 Å². The highest BCUT2D eigenvalue weighted by Crippen LogP contribution is 2.34. The smallest absolute Gasteiger partial charge is 0.376 e. The molecule has 10 heteroatoms. The van der Waals surface area contributed by atoms with Gasteiger partial charge < -0.3 is 20.4 Å². The molecule has 0 radical (unpaired) electrons. The van der Waals surface area contributed by atoms with Gasteiger partial charge in [0, 0.05) is 63.0 Å². The lowest BCUT2D eigenvalue weighted by Crippen LogP contribution is -2.45. The number of carbonyl (C=O) groups is 1. The van der Waals surface area contributed by atoms with Gasteiger partial charge in [-0.15, -0.1) is 0 Å². The van der Waals surface area contributed by atoms with Crippen LogP contribution in [0.25, 0.3) is 0 Å². The zero-order chi connectivity index (χ0) is 26.1. The first-order valence-corrected chi connectivity index (χ1v) is 11.8. The van der Waals surface area contributed by atoms with E-state index < -0.39 is 17.6 Å². The Labute approximate surface area is 210 Å². The number of alkyl halides is 3. The minimum absolute atomic E-state index is 0.0915. The molecule has 2 aromatic carbocycles. The van der Waals surface area contributed by atoms with E-state index in [-0.39, 0.29) is 24.3 Å². The minimum atomic E-state index is -4.51. The Balaban J connectivity index is 1.60. The summed E-state index contributed by atoms with van der Waals surface area (Å²) in [6, 6.07) is 11.3. The molecule has 0 bridgehead atoms. The second-order valence-corrected chi connectivity index (χ2v) is 8.49. The van der Waals surface area contributed by atoms with Crippen molar-refractivity contribution in [1.82, 2.24) is 9.80 Å². The molecule has 194 valence electrons. The maximum atomic E-state index is 13.8. The Kier molecular flexibility index (Phi) is 9.49. The number of likely N-dealkylation sites (N-methyl/N-ethyl adjacent to an activating group) is 1. The van der Waals surface area contributed by atoms with Crippen molar-refractivity contribution in [3.63, 3.8) is 0 Å². The topological polar surface area (TPSA) is 63.2 Å². The summed E-state index contributed by atoms with van der Waals surface area (Å²) >= 11 is 0. The van der Waals surface area contributed by atoms with Gasteiger partial charge in [0.15, 0.2) is 0 Å². The highest BCUT2D eigenvalue weighted by molar-refractivity contribution is 5.94. The van der Waals surface area contributed by atoms with Crippen molar-refractivity contribution in [3.05, 3.63) is 66.4 Å². The maximum Gasteiger partial charge on any atom is 0.416 e. The normalized spacial score (nSPS) is 15.1. The van der Waals surface area contributed by atoms with Gasteiger partial charge in [-0.25, -0.2) is 0 Å². The molecule has 1 aliphatic rings. The number of aliphatic imine (C=N–C) groups is 1. The lowest BCUT2D eigenvalue weighted by molar-refractivity contribution is -0.138. The monoisotopic (exact) mass is 502 g/mol. The molecule has 0 saturated carbocycles. The van der Waals surface area contributed by atoms with E-state index in [2.05, 4.69) is 34.0 Å². The quantitative estimate of drug-likeness (QED) is 0.370. The first-order chi connectivity index (χ1) is 17.2. The number of hydrogen-bond acceptors (Lipinski definition) is 5. The number of nitrogens with one attached hydrogen (secondary N) is 2. The van der Waals surface area contributed by atoms with Crippen molar-refractivity contribution < 1.29 is 18.0 Å². The highest BCUT2D eigenvalue weighted by atomic mass is 19.4. The van der Waals surface area contributed by atoms with E-state index in [0.717, 1.165) is 44.5 Å². The molecule has 0 aliphatic carbocycles. The molecule has 2 N–H and O–H groups in total. The second-order valence-electron chi connectivity index (χ2n) is 8.49. The summed E-state index contributed by atoms with van der Waals surface area (Å²) in [4.78, 5) is 22.4. The zero-order valence-electron chi connectivity index (χ0n) is 20.7. The molecule has 0 aromatic heterocycles. The van der Waals surface area contributed by atoms with Gasteiger partial charge in [0.1, 0.15) is 0 Å². The van der Waals surface area contributed by atoms with Crippen molar-refractivity contribution >= 4 is 29.3 Å². The average Bonchev–Trinajstić information content (AvgIpc) is 2.87. The van der Waals surface area contributed by atoms with Crippen molar-refractivity contribution in [2.45, 2.75) is 19.6 Å². The van der Waals surface area contributed by atoms with Crippen LogP contribution in [0.2, 0.25) is 0 Å². The van der Waals surface area contributed by atoms with E-state index in [1.165, 1.54) is 12.1 Å². The summed E-state index contributed by atoms with van der Waals surface area (Å²) in [5, 5.41) is 5.54. The number of amides is 1. The van der Waals surface area contributed by atoms with Gasteiger partial charge >= 0.3 is 6.18 Å². The number of hydrogen-bond donors (Lipinski definition) is 2. The fraction of sp³-hybridized carbons (Fsp3) is 0.385. The van der Waals surface area contributed by atoms with Crippen LogP contribution in [0.15, 0.2) is 60.2 Å². The van der Waals surface area contributed by atoms with Crippen molar-refractivity contribution in [3.8, 4) is 0 Å². The number of rotatable bonds is 10. The van der Waals surface area contributed by atoms with Crippen LogP contribution in [-0.2, 0) is 17.5 Å². The third kappa shape index (κ3) is 7.56. The lowest BCUT2D eigenvalue weighted by Gasteiger charge is -2.34. The molecule has 3 rings (SSSR count). The average molecular weight is 503 g/mol. The number of nitrogens with zero attached hydrogens (tertiary/aromatic N) is 4. The van der Waals surface area contributed by atoms with Crippen LogP contribution in [0, 0.1) is 0 Å². The molecule has 7 nitrogen and oxygen atoms in total. The fourth-order valence-electron chi connectivity index (χ4n) is 4.04. The number of benzene rings is 2. The molecule has 1 saturated heterocycles. The molecule has 36 heavy (non-hydrogen) atoms. The summed E-state index contributed by atoms with van der Waals surface area (Å²) in [6.45, 7) is 10.0. The van der Waals surface area contributed by atoms with Crippen LogP contribution in [0.3, 0.4) is 0 Å².